The van der Waals surface area contributed by atoms with E-state index in [-0.39, 0.29) is 5.92 Å². The SMILES string of the molecule is CC(C)(C)OC(=O)NC(CC1CCCCC1)CN(C(=O)O)[C@@H](Cc1ccccc1)C(F)(F)F. The Balaban J connectivity index is 2.25. The van der Waals surface area contributed by atoms with Crippen molar-refractivity contribution in [1.82, 2.24) is 10.2 Å². The minimum absolute atomic E-state index is 0.216. The lowest BCUT2D eigenvalue weighted by Gasteiger charge is -2.35. The first-order chi connectivity index (χ1) is 15.3. The van der Waals surface area contributed by atoms with Crippen LogP contribution in [0.4, 0.5) is 22.8 Å². The second kappa shape index (κ2) is 11.6. The topological polar surface area (TPSA) is 78.9 Å². The molecule has 0 aromatic heterocycles. The highest BCUT2D eigenvalue weighted by Crippen LogP contribution is 2.31. The van der Waals surface area contributed by atoms with Gasteiger partial charge in [-0.2, -0.15) is 13.2 Å². The maximum Gasteiger partial charge on any atom is 0.409 e. The molecule has 0 heterocycles. The molecule has 1 saturated carbocycles. The van der Waals surface area contributed by atoms with Crippen molar-refractivity contribution in [3.05, 3.63) is 35.9 Å². The zero-order chi connectivity index (χ0) is 24.6. The number of ether oxygens (including phenoxy) is 1. The van der Waals surface area contributed by atoms with Crippen molar-refractivity contribution in [3.8, 4) is 0 Å². The van der Waals surface area contributed by atoms with E-state index in [1.54, 1.807) is 39.0 Å². The maximum absolute atomic E-state index is 14.0. The number of carbonyl (C=O) groups is 2. The van der Waals surface area contributed by atoms with Gasteiger partial charge < -0.3 is 15.2 Å². The third kappa shape index (κ3) is 9.52. The predicted octanol–water partition coefficient (Wildman–Crippen LogP) is 6.00. The number of carboxylic acid groups (broad SMARTS) is 1. The quantitative estimate of drug-likeness (QED) is 0.486. The van der Waals surface area contributed by atoms with E-state index in [0.29, 0.717) is 16.9 Å². The Hall–Kier alpha value is -2.45. The molecule has 2 amide bonds. The zero-order valence-electron chi connectivity index (χ0n) is 19.5. The first-order valence-corrected chi connectivity index (χ1v) is 11.4. The molecule has 1 aliphatic carbocycles. The summed E-state index contributed by atoms with van der Waals surface area (Å²) in [6.07, 6.45) is -2.34. The number of nitrogens with zero attached hydrogens (tertiary/aromatic N) is 1. The molecule has 1 aliphatic rings. The number of carbonyl (C=O) groups excluding carboxylic acids is 1. The van der Waals surface area contributed by atoms with Crippen LogP contribution >= 0.6 is 0 Å². The van der Waals surface area contributed by atoms with E-state index in [9.17, 15) is 27.9 Å². The van der Waals surface area contributed by atoms with E-state index in [1.165, 1.54) is 12.1 Å². The molecule has 2 rings (SSSR count). The summed E-state index contributed by atoms with van der Waals surface area (Å²) in [5.74, 6) is 0.216. The Morgan fingerprint density at radius 1 is 1.12 bits per heavy atom. The Kier molecular flexibility index (Phi) is 9.43. The molecular formula is C24H35F3N2O4. The largest absolute Gasteiger partial charge is 0.465 e. The van der Waals surface area contributed by atoms with Crippen molar-refractivity contribution in [2.24, 2.45) is 5.92 Å². The van der Waals surface area contributed by atoms with Gasteiger partial charge in [-0.15, -0.1) is 0 Å². The highest BCUT2D eigenvalue weighted by atomic mass is 19.4. The van der Waals surface area contributed by atoms with Crippen molar-refractivity contribution < 1.29 is 32.6 Å². The van der Waals surface area contributed by atoms with Gasteiger partial charge in [-0.3, -0.25) is 4.90 Å². The van der Waals surface area contributed by atoms with Gasteiger partial charge in [-0.1, -0.05) is 62.4 Å². The average molecular weight is 473 g/mol. The van der Waals surface area contributed by atoms with Crippen LogP contribution in [-0.2, 0) is 11.2 Å². The lowest BCUT2D eigenvalue weighted by molar-refractivity contribution is -0.178. The number of alkyl halides is 3. The zero-order valence-corrected chi connectivity index (χ0v) is 19.5. The van der Waals surface area contributed by atoms with Crippen LogP contribution in [0.5, 0.6) is 0 Å². The fraction of sp³-hybridized carbons (Fsp3) is 0.667. The van der Waals surface area contributed by atoms with Crippen LogP contribution in [0.2, 0.25) is 0 Å². The van der Waals surface area contributed by atoms with Gasteiger partial charge in [-0.05, 0) is 38.7 Å². The minimum Gasteiger partial charge on any atom is -0.465 e. The Bertz CT molecular complexity index is 759. The van der Waals surface area contributed by atoms with Crippen LogP contribution in [0.3, 0.4) is 0 Å². The summed E-state index contributed by atoms with van der Waals surface area (Å²) in [4.78, 5) is 24.8. The van der Waals surface area contributed by atoms with Crippen molar-refractivity contribution in [2.75, 3.05) is 6.54 Å². The summed E-state index contributed by atoms with van der Waals surface area (Å²) < 4.78 is 47.3. The molecule has 0 bridgehead atoms. The van der Waals surface area contributed by atoms with Crippen LogP contribution in [0.1, 0.15) is 64.9 Å². The molecule has 0 aliphatic heterocycles. The molecule has 0 spiro atoms. The number of halogens is 3. The number of hydrogen-bond acceptors (Lipinski definition) is 3. The predicted molar refractivity (Wildman–Crippen MR) is 119 cm³/mol. The number of alkyl carbamates (subject to hydrolysis) is 1. The van der Waals surface area contributed by atoms with Gasteiger partial charge >= 0.3 is 18.4 Å². The van der Waals surface area contributed by atoms with Crippen LogP contribution in [0, 0.1) is 5.92 Å². The number of benzene rings is 1. The van der Waals surface area contributed by atoms with Gasteiger partial charge in [0, 0.05) is 13.0 Å². The Morgan fingerprint density at radius 2 is 1.73 bits per heavy atom. The Morgan fingerprint density at radius 3 is 2.24 bits per heavy atom. The summed E-state index contributed by atoms with van der Waals surface area (Å²) in [6.45, 7) is 4.59. The van der Waals surface area contributed by atoms with E-state index in [2.05, 4.69) is 5.32 Å². The summed E-state index contributed by atoms with van der Waals surface area (Å²) in [6, 6.07) is 4.97. The normalized spacial score (nSPS) is 17.2. The van der Waals surface area contributed by atoms with Gasteiger partial charge in [0.25, 0.3) is 0 Å². The molecule has 6 nitrogen and oxygen atoms in total. The summed E-state index contributed by atoms with van der Waals surface area (Å²) in [7, 11) is 0. The molecular weight excluding hydrogens is 437 g/mol. The minimum atomic E-state index is -4.77. The molecule has 1 unspecified atom stereocenters. The molecule has 1 aromatic carbocycles. The standard InChI is InChI=1S/C24H35F3N2O4/c1-23(2,3)33-21(30)28-19(14-17-10-6-4-7-11-17)16-29(22(31)32)20(24(25,26)27)15-18-12-8-5-9-13-18/h5,8-9,12-13,17,19-20H,4,6-7,10-11,14-16H2,1-3H3,(H,28,30)(H,31,32)/t19?,20-/m0/s1. The van der Waals surface area contributed by atoms with Gasteiger partial charge in [-0.25, -0.2) is 9.59 Å². The van der Waals surface area contributed by atoms with Gasteiger partial charge in [0.2, 0.25) is 0 Å². The second-order valence-electron chi connectivity index (χ2n) is 9.76. The van der Waals surface area contributed by atoms with Crippen LogP contribution < -0.4 is 5.32 Å². The average Bonchev–Trinajstić information content (AvgIpc) is 2.69. The molecule has 2 N–H and O–H groups in total. The number of hydrogen-bond donors (Lipinski definition) is 2. The van der Waals surface area contributed by atoms with Crippen molar-refractivity contribution >= 4 is 12.2 Å². The number of nitrogens with one attached hydrogen (secondary N) is 1. The summed E-state index contributed by atoms with van der Waals surface area (Å²) in [5.41, 5.74) is -0.400. The lowest BCUT2D eigenvalue weighted by Crippen LogP contribution is -2.55. The first-order valence-electron chi connectivity index (χ1n) is 11.4. The highest BCUT2D eigenvalue weighted by Gasteiger charge is 2.46. The highest BCUT2D eigenvalue weighted by molar-refractivity contribution is 5.69. The first kappa shape index (κ1) is 26.8. The molecule has 0 saturated heterocycles. The van der Waals surface area contributed by atoms with Gasteiger partial charge in [0.15, 0.2) is 0 Å². The van der Waals surface area contributed by atoms with Crippen molar-refractivity contribution in [3.63, 3.8) is 0 Å². The smallest absolute Gasteiger partial charge is 0.409 e. The number of amides is 2. The van der Waals surface area contributed by atoms with E-state index < -0.39 is 49.0 Å². The Labute approximate surface area is 193 Å². The van der Waals surface area contributed by atoms with Gasteiger partial charge in [0.05, 0.1) is 6.04 Å². The van der Waals surface area contributed by atoms with Gasteiger partial charge in [0.1, 0.15) is 11.6 Å². The summed E-state index contributed by atoms with van der Waals surface area (Å²) in [5, 5.41) is 12.4. The molecule has 0 radical (unpaired) electrons. The third-order valence-electron chi connectivity index (χ3n) is 5.75. The second-order valence-corrected chi connectivity index (χ2v) is 9.76. The van der Waals surface area contributed by atoms with E-state index >= 15 is 0 Å². The fourth-order valence-electron chi connectivity index (χ4n) is 4.29. The molecule has 33 heavy (non-hydrogen) atoms. The molecule has 9 heteroatoms. The molecule has 186 valence electrons. The maximum atomic E-state index is 14.0. The van der Waals surface area contributed by atoms with E-state index in [4.69, 9.17) is 4.74 Å². The molecule has 1 fully saturated rings. The van der Waals surface area contributed by atoms with Crippen molar-refractivity contribution in [1.29, 1.82) is 0 Å². The van der Waals surface area contributed by atoms with Crippen molar-refractivity contribution in [2.45, 2.75) is 89.6 Å². The lowest BCUT2D eigenvalue weighted by atomic mass is 9.84. The van der Waals surface area contributed by atoms with Crippen LogP contribution in [0.25, 0.3) is 0 Å². The monoisotopic (exact) mass is 472 g/mol. The van der Waals surface area contributed by atoms with E-state index in [0.717, 1.165) is 32.1 Å². The fourth-order valence-corrected chi connectivity index (χ4v) is 4.29. The summed E-state index contributed by atoms with van der Waals surface area (Å²) >= 11 is 0. The molecule has 2 atom stereocenters. The molecule has 1 aromatic rings. The van der Waals surface area contributed by atoms with Crippen LogP contribution in [-0.4, -0.2) is 52.6 Å². The third-order valence-corrected chi connectivity index (χ3v) is 5.75. The van der Waals surface area contributed by atoms with Crippen LogP contribution in [0.15, 0.2) is 30.3 Å². The number of rotatable bonds is 8. The van der Waals surface area contributed by atoms with E-state index in [1.807, 2.05) is 0 Å².